The van der Waals surface area contributed by atoms with Gasteiger partial charge in [-0.3, -0.25) is 0 Å². The number of hydrogen-bond acceptors (Lipinski definition) is 4. The molecule has 0 aliphatic rings. The summed E-state index contributed by atoms with van der Waals surface area (Å²) >= 11 is 0. The van der Waals surface area contributed by atoms with E-state index in [1.54, 1.807) is 6.33 Å². The van der Waals surface area contributed by atoms with Crippen molar-refractivity contribution in [2.75, 3.05) is 18.5 Å². The summed E-state index contributed by atoms with van der Waals surface area (Å²) in [5.41, 5.74) is 1.20. The van der Waals surface area contributed by atoms with Crippen molar-refractivity contribution in [3.8, 4) is 5.88 Å². The van der Waals surface area contributed by atoms with Gasteiger partial charge in [-0.2, -0.15) is 0 Å². The maximum absolute atomic E-state index is 5.47. The van der Waals surface area contributed by atoms with Gasteiger partial charge in [0, 0.05) is 6.54 Å². The van der Waals surface area contributed by atoms with E-state index in [9.17, 15) is 0 Å². The molecule has 4 heteroatoms. The Hall–Kier alpha value is -1.32. The van der Waals surface area contributed by atoms with Crippen LogP contribution in [-0.4, -0.2) is 23.1 Å². The number of rotatable bonds is 6. The Balaban J connectivity index is 2.77. The average molecular weight is 251 g/mol. The van der Waals surface area contributed by atoms with Gasteiger partial charge in [0.05, 0.1) is 12.2 Å². The largest absolute Gasteiger partial charge is 0.478 e. The van der Waals surface area contributed by atoms with Crippen LogP contribution in [0.25, 0.3) is 0 Å². The zero-order chi connectivity index (χ0) is 13.8. The molecule has 1 aromatic heterocycles. The third-order valence-corrected chi connectivity index (χ3v) is 3.59. The molecular weight excluding hydrogens is 226 g/mol. The fourth-order valence-corrected chi connectivity index (χ4v) is 1.41. The number of aromatic nitrogens is 2. The van der Waals surface area contributed by atoms with Crippen molar-refractivity contribution in [1.82, 2.24) is 9.97 Å². The fourth-order valence-electron chi connectivity index (χ4n) is 1.41. The van der Waals surface area contributed by atoms with E-state index in [-0.39, 0.29) is 5.41 Å². The second kappa shape index (κ2) is 6.03. The molecule has 0 fully saturated rings. The second-order valence-corrected chi connectivity index (χ2v) is 5.58. The summed E-state index contributed by atoms with van der Waals surface area (Å²) in [6, 6.07) is 0. The quantitative estimate of drug-likeness (QED) is 0.843. The van der Waals surface area contributed by atoms with Crippen LogP contribution in [-0.2, 0) is 0 Å². The Kier molecular flexibility index (Phi) is 4.93. The molecule has 18 heavy (non-hydrogen) atoms. The van der Waals surface area contributed by atoms with Crippen molar-refractivity contribution in [2.45, 2.75) is 41.5 Å². The predicted octanol–water partition coefficient (Wildman–Crippen LogP) is 3.28. The van der Waals surface area contributed by atoms with Crippen LogP contribution in [0.4, 0.5) is 5.82 Å². The van der Waals surface area contributed by atoms with Gasteiger partial charge in [-0.15, -0.1) is 0 Å². The summed E-state index contributed by atoms with van der Waals surface area (Å²) in [5, 5.41) is 3.40. The lowest BCUT2D eigenvalue weighted by molar-refractivity contribution is 0.269. The van der Waals surface area contributed by atoms with E-state index in [1.165, 1.54) is 0 Å². The minimum atomic E-state index is 0.225. The third-order valence-electron chi connectivity index (χ3n) is 3.59. The Morgan fingerprint density at radius 2 is 2.00 bits per heavy atom. The number of hydrogen-bond donors (Lipinski definition) is 1. The molecule has 0 saturated carbocycles. The van der Waals surface area contributed by atoms with Crippen LogP contribution >= 0.6 is 0 Å². The van der Waals surface area contributed by atoms with Gasteiger partial charge in [0.25, 0.3) is 0 Å². The molecule has 1 heterocycles. The topological polar surface area (TPSA) is 47.0 Å². The van der Waals surface area contributed by atoms with Crippen LogP contribution in [0.1, 0.15) is 40.2 Å². The molecule has 0 spiro atoms. The molecule has 1 aromatic rings. The van der Waals surface area contributed by atoms with E-state index < -0.39 is 0 Å². The van der Waals surface area contributed by atoms with Crippen molar-refractivity contribution in [3.05, 3.63) is 11.9 Å². The van der Waals surface area contributed by atoms with Gasteiger partial charge in [-0.05, 0) is 25.2 Å². The van der Waals surface area contributed by atoms with Gasteiger partial charge < -0.3 is 10.1 Å². The first kappa shape index (κ1) is 14.7. The average Bonchev–Trinajstić information content (AvgIpc) is 2.30. The molecule has 0 aliphatic heterocycles. The Morgan fingerprint density at radius 1 is 1.33 bits per heavy atom. The van der Waals surface area contributed by atoms with E-state index >= 15 is 0 Å². The van der Waals surface area contributed by atoms with Crippen LogP contribution < -0.4 is 10.1 Å². The monoisotopic (exact) mass is 251 g/mol. The van der Waals surface area contributed by atoms with Gasteiger partial charge in [-0.1, -0.05) is 27.7 Å². The summed E-state index contributed by atoms with van der Waals surface area (Å²) in [4.78, 5) is 8.42. The molecule has 0 unspecified atom stereocenters. The molecule has 0 bridgehead atoms. The smallest absolute Gasteiger partial charge is 0.221 e. The first-order chi connectivity index (χ1) is 8.38. The molecule has 0 aromatic carbocycles. The van der Waals surface area contributed by atoms with Crippen LogP contribution in [0.5, 0.6) is 5.88 Å². The van der Waals surface area contributed by atoms with Gasteiger partial charge in [0.2, 0.25) is 5.88 Å². The Labute approximate surface area is 110 Å². The van der Waals surface area contributed by atoms with Gasteiger partial charge in [0.1, 0.15) is 12.1 Å². The first-order valence-electron chi connectivity index (χ1n) is 6.56. The van der Waals surface area contributed by atoms with Gasteiger partial charge >= 0.3 is 0 Å². The lowest BCUT2D eigenvalue weighted by Gasteiger charge is -2.29. The molecule has 102 valence electrons. The molecule has 0 aliphatic carbocycles. The van der Waals surface area contributed by atoms with Crippen molar-refractivity contribution in [3.63, 3.8) is 0 Å². The maximum Gasteiger partial charge on any atom is 0.221 e. The van der Waals surface area contributed by atoms with E-state index in [4.69, 9.17) is 4.74 Å². The molecule has 0 radical (unpaired) electrons. The highest BCUT2D eigenvalue weighted by Crippen LogP contribution is 2.27. The summed E-state index contributed by atoms with van der Waals surface area (Å²) in [5.74, 6) is 2.14. The molecule has 0 saturated heterocycles. The van der Waals surface area contributed by atoms with Gasteiger partial charge in [-0.25, -0.2) is 9.97 Å². The van der Waals surface area contributed by atoms with Crippen LogP contribution in [0, 0.1) is 18.3 Å². The summed E-state index contributed by atoms with van der Waals surface area (Å²) < 4.78 is 5.47. The standard InChI is InChI=1S/C14H25N3O/c1-7-18-13-11(4)12(16-9-17-13)15-8-14(5,6)10(2)3/h9-10H,7-8H2,1-6H3,(H,15,16,17). The second-order valence-electron chi connectivity index (χ2n) is 5.58. The number of nitrogens with zero attached hydrogens (tertiary/aromatic N) is 2. The van der Waals surface area contributed by atoms with Crippen molar-refractivity contribution in [1.29, 1.82) is 0 Å². The number of nitrogens with one attached hydrogen (secondary N) is 1. The Morgan fingerprint density at radius 3 is 2.56 bits per heavy atom. The van der Waals surface area contributed by atoms with Crippen LogP contribution in [0.15, 0.2) is 6.33 Å². The molecule has 0 atom stereocenters. The van der Waals surface area contributed by atoms with Crippen molar-refractivity contribution in [2.24, 2.45) is 11.3 Å². The third kappa shape index (κ3) is 3.59. The zero-order valence-corrected chi connectivity index (χ0v) is 12.4. The SMILES string of the molecule is CCOc1ncnc(NCC(C)(C)C(C)C)c1C. The highest BCUT2D eigenvalue weighted by Gasteiger charge is 2.22. The minimum Gasteiger partial charge on any atom is -0.478 e. The van der Waals surface area contributed by atoms with E-state index in [0.29, 0.717) is 18.4 Å². The minimum absolute atomic E-state index is 0.225. The molecule has 0 amide bonds. The van der Waals surface area contributed by atoms with Crippen LogP contribution in [0.3, 0.4) is 0 Å². The van der Waals surface area contributed by atoms with E-state index in [0.717, 1.165) is 17.9 Å². The normalized spacial score (nSPS) is 11.7. The summed E-state index contributed by atoms with van der Waals surface area (Å²) in [6.07, 6.45) is 1.54. The lowest BCUT2D eigenvalue weighted by atomic mass is 9.81. The predicted molar refractivity (Wildman–Crippen MR) is 75.0 cm³/mol. The van der Waals surface area contributed by atoms with Gasteiger partial charge in [0.15, 0.2) is 0 Å². The molecular formula is C14H25N3O. The fraction of sp³-hybridized carbons (Fsp3) is 0.714. The molecule has 1 N–H and O–H groups in total. The number of anilines is 1. The van der Waals surface area contributed by atoms with Crippen molar-refractivity contribution < 1.29 is 4.74 Å². The lowest BCUT2D eigenvalue weighted by Crippen LogP contribution is -2.29. The first-order valence-corrected chi connectivity index (χ1v) is 6.56. The van der Waals surface area contributed by atoms with E-state index in [2.05, 4.69) is 43.0 Å². The Bertz CT molecular complexity index is 389. The highest BCUT2D eigenvalue weighted by atomic mass is 16.5. The van der Waals surface area contributed by atoms with Crippen LogP contribution in [0.2, 0.25) is 0 Å². The molecule has 1 rings (SSSR count). The number of ether oxygens (including phenoxy) is 1. The highest BCUT2D eigenvalue weighted by molar-refractivity contribution is 5.47. The molecule has 4 nitrogen and oxygen atoms in total. The maximum atomic E-state index is 5.47. The van der Waals surface area contributed by atoms with E-state index in [1.807, 2.05) is 13.8 Å². The zero-order valence-electron chi connectivity index (χ0n) is 12.4. The summed E-state index contributed by atoms with van der Waals surface area (Å²) in [7, 11) is 0. The van der Waals surface area contributed by atoms with Crippen molar-refractivity contribution >= 4 is 5.82 Å². The summed E-state index contributed by atoms with van der Waals surface area (Å²) in [6.45, 7) is 14.4.